The molecule has 0 unspecified atom stereocenters. The van der Waals surface area contributed by atoms with Crippen LogP contribution in [0.3, 0.4) is 0 Å². The molecule has 0 saturated heterocycles. The molecule has 0 saturated carbocycles. The third-order valence-corrected chi connectivity index (χ3v) is 4.38. The van der Waals surface area contributed by atoms with Crippen molar-refractivity contribution in [1.82, 2.24) is 14.8 Å². The molecule has 0 aliphatic rings. The largest absolute Gasteiger partial charge is 0.305 e. The van der Waals surface area contributed by atoms with Gasteiger partial charge in [0, 0.05) is 17.5 Å². The summed E-state index contributed by atoms with van der Waals surface area (Å²) in [6, 6.07) is 17.4. The standard InChI is InChI=1S/C21H20N4O/c1-3-11-25-20-17(13-16-10-9-14(2)12-18(16)22-20)19(24-25)23-21(26)15-7-5-4-6-8-15/h4-10,12-13H,3,11H2,1-2H3,(H,23,24,26). The number of carbonyl (C=O) groups is 1. The van der Waals surface area contributed by atoms with Crippen LogP contribution in [0.5, 0.6) is 0 Å². The molecule has 0 spiro atoms. The van der Waals surface area contributed by atoms with E-state index < -0.39 is 0 Å². The SMILES string of the molecule is CCCn1nc(NC(=O)c2ccccc2)c2cc3ccc(C)cc3nc21. The van der Waals surface area contributed by atoms with Gasteiger partial charge in [0.1, 0.15) is 0 Å². The fraction of sp³-hybridized carbons (Fsp3) is 0.190. The normalized spacial score (nSPS) is 11.2. The minimum absolute atomic E-state index is 0.169. The molecule has 0 aliphatic heterocycles. The highest BCUT2D eigenvalue weighted by Gasteiger charge is 2.16. The molecular formula is C21H20N4O. The van der Waals surface area contributed by atoms with Crippen LogP contribution in [0.2, 0.25) is 0 Å². The van der Waals surface area contributed by atoms with Crippen LogP contribution in [0.1, 0.15) is 29.3 Å². The second kappa shape index (κ2) is 6.59. The van der Waals surface area contributed by atoms with Crippen LogP contribution in [0, 0.1) is 6.92 Å². The molecule has 4 aromatic rings. The van der Waals surface area contributed by atoms with Crippen LogP contribution in [0.4, 0.5) is 5.82 Å². The second-order valence-electron chi connectivity index (χ2n) is 6.45. The molecule has 0 atom stereocenters. The molecule has 5 heteroatoms. The third-order valence-electron chi connectivity index (χ3n) is 4.38. The van der Waals surface area contributed by atoms with Gasteiger partial charge in [-0.15, -0.1) is 0 Å². The lowest BCUT2D eigenvalue weighted by Crippen LogP contribution is -2.12. The lowest BCUT2D eigenvalue weighted by Gasteiger charge is -2.03. The number of hydrogen-bond acceptors (Lipinski definition) is 3. The van der Waals surface area contributed by atoms with Gasteiger partial charge < -0.3 is 5.32 Å². The predicted molar refractivity (Wildman–Crippen MR) is 104 cm³/mol. The second-order valence-corrected chi connectivity index (χ2v) is 6.45. The summed E-state index contributed by atoms with van der Waals surface area (Å²) in [6.45, 7) is 4.91. The number of aromatic nitrogens is 3. The molecule has 4 rings (SSSR count). The summed E-state index contributed by atoms with van der Waals surface area (Å²) >= 11 is 0. The van der Waals surface area contributed by atoms with Gasteiger partial charge in [-0.05, 0) is 43.2 Å². The minimum atomic E-state index is -0.169. The molecule has 2 heterocycles. The maximum Gasteiger partial charge on any atom is 0.256 e. The van der Waals surface area contributed by atoms with Crippen molar-refractivity contribution < 1.29 is 4.79 Å². The maximum absolute atomic E-state index is 12.6. The van der Waals surface area contributed by atoms with Gasteiger partial charge in [0.05, 0.1) is 10.9 Å². The molecule has 2 aromatic heterocycles. The number of aryl methyl sites for hydroxylation is 2. The van der Waals surface area contributed by atoms with Gasteiger partial charge >= 0.3 is 0 Å². The summed E-state index contributed by atoms with van der Waals surface area (Å²) in [7, 11) is 0. The third kappa shape index (κ3) is 2.92. The average Bonchev–Trinajstić information content (AvgIpc) is 2.97. The van der Waals surface area contributed by atoms with E-state index in [0.717, 1.165) is 34.9 Å². The Labute approximate surface area is 151 Å². The van der Waals surface area contributed by atoms with Gasteiger partial charge in [0.25, 0.3) is 5.91 Å². The van der Waals surface area contributed by atoms with Crippen LogP contribution < -0.4 is 5.32 Å². The van der Waals surface area contributed by atoms with E-state index in [1.165, 1.54) is 5.56 Å². The first-order valence-electron chi connectivity index (χ1n) is 8.80. The first kappa shape index (κ1) is 16.3. The van der Waals surface area contributed by atoms with Crippen LogP contribution in [0.25, 0.3) is 21.9 Å². The number of fused-ring (bicyclic) bond motifs is 2. The van der Waals surface area contributed by atoms with Crippen LogP contribution in [-0.4, -0.2) is 20.7 Å². The quantitative estimate of drug-likeness (QED) is 0.590. The first-order chi connectivity index (χ1) is 12.7. The van der Waals surface area contributed by atoms with Crippen molar-refractivity contribution in [1.29, 1.82) is 0 Å². The van der Waals surface area contributed by atoms with Crippen LogP contribution >= 0.6 is 0 Å². The first-order valence-corrected chi connectivity index (χ1v) is 8.80. The topological polar surface area (TPSA) is 59.8 Å². The van der Waals surface area contributed by atoms with Crippen LogP contribution in [-0.2, 0) is 6.54 Å². The minimum Gasteiger partial charge on any atom is -0.305 e. The van der Waals surface area contributed by atoms with Crippen molar-refractivity contribution in [3.05, 3.63) is 65.7 Å². The highest BCUT2D eigenvalue weighted by atomic mass is 16.1. The van der Waals surface area contributed by atoms with Crippen molar-refractivity contribution in [2.75, 3.05) is 5.32 Å². The van der Waals surface area contributed by atoms with Crippen LogP contribution in [0.15, 0.2) is 54.6 Å². The summed E-state index contributed by atoms with van der Waals surface area (Å²) in [6.07, 6.45) is 0.941. The van der Waals surface area contributed by atoms with Crippen molar-refractivity contribution in [2.24, 2.45) is 0 Å². The van der Waals surface area contributed by atoms with Gasteiger partial charge in [-0.1, -0.05) is 37.3 Å². The average molecular weight is 344 g/mol. The Bertz CT molecular complexity index is 1100. The lowest BCUT2D eigenvalue weighted by atomic mass is 10.1. The number of rotatable bonds is 4. The number of anilines is 1. The number of nitrogens with one attached hydrogen (secondary N) is 1. The Morgan fingerprint density at radius 3 is 2.69 bits per heavy atom. The molecule has 0 bridgehead atoms. The molecule has 0 aliphatic carbocycles. The molecule has 130 valence electrons. The Balaban J connectivity index is 1.83. The number of carbonyl (C=O) groups excluding carboxylic acids is 1. The van der Waals surface area contributed by atoms with Crippen molar-refractivity contribution in [2.45, 2.75) is 26.8 Å². The van der Waals surface area contributed by atoms with Gasteiger partial charge in [0.2, 0.25) is 0 Å². The highest BCUT2D eigenvalue weighted by Crippen LogP contribution is 2.27. The fourth-order valence-corrected chi connectivity index (χ4v) is 3.09. The zero-order valence-electron chi connectivity index (χ0n) is 14.9. The zero-order chi connectivity index (χ0) is 18.1. The van der Waals surface area contributed by atoms with Crippen molar-refractivity contribution in [3.8, 4) is 0 Å². The Kier molecular flexibility index (Phi) is 4.13. The molecule has 0 radical (unpaired) electrons. The highest BCUT2D eigenvalue weighted by molar-refractivity contribution is 6.08. The van der Waals surface area contributed by atoms with E-state index in [0.29, 0.717) is 11.4 Å². The lowest BCUT2D eigenvalue weighted by molar-refractivity contribution is 0.102. The fourth-order valence-electron chi connectivity index (χ4n) is 3.09. The summed E-state index contributed by atoms with van der Waals surface area (Å²) in [5, 5.41) is 9.45. The number of benzene rings is 2. The van der Waals surface area contributed by atoms with E-state index in [-0.39, 0.29) is 5.91 Å². The van der Waals surface area contributed by atoms with E-state index in [2.05, 4.69) is 48.5 Å². The van der Waals surface area contributed by atoms with Crippen molar-refractivity contribution >= 4 is 33.7 Å². The molecule has 26 heavy (non-hydrogen) atoms. The smallest absolute Gasteiger partial charge is 0.256 e. The van der Waals surface area contributed by atoms with Gasteiger partial charge in [-0.3, -0.25) is 4.79 Å². The monoisotopic (exact) mass is 344 g/mol. The van der Waals surface area contributed by atoms with Gasteiger partial charge in [-0.25, -0.2) is 9.67 Å². The van der Waals surface area contributed by atoms with E-state index in [9.17, 15) is 4.79 Å². The summed E-state index contributed by atoms with van der Waals surface area (Å²) in [4.78, 5) is 17.4. The maximum atomic E-state index is 12.6. The number of nitrogens with zero attached hydrogens (tertiary/aromatic N) is 3. The van der Waals surface area contributed by atoms with E-state index in [1.54, 1.807) is 12.1 Å². The van der Waals surface area contributed by atoms with Gasteiger partial charge in [-0.2, -0.15) is 5.10 Å². The molecule has 1 N–H and O–H groups in total. The molecular weight excluding hydrogens is 324 g/mol. The summed E-state index contributed by atoms with van der Waals surface area (Å²) in [5.41, 5.74) is 3.52. The number of hydrogen-bond donors (Lipinski definition) is 1. The summed E-state index contributed by atoms with van der Waals surface area (Å²) < 4.78 is 1.87. The van der Waals surface area contributed by atoms with E-state index in [1.807, 2.05) is 22.9 Å². The van der Waals surface area contributed by atoms with Crippen molar-refractivity contribution in [3.63, 3.8) is 0 Å². The van der Waals surface area contributed by atoms with E-state index in [4.69, 9.17) is 4.98 Å². The Morgan fingerprint density at radius 2 is 1.92 bits per heavy atom. The van der Waals surface area contributed by atoms with Gasteiger partial charge in [0.15, 0.2) is 11.5 Å². The zero-order valence-corrected chi connectivity index (χ0v) is 14.9. The Hall–Kier alpha value is -3.21. The molecule has 0 fully saturated rings. The predicted octanol–water partition coefficient (Wildman–Crippen LogP) is 4.56. The Morgan fingerprint density at radius 1 is 1.12 bits per heavy atom. The molecule has 5 nitrogen and oxygen atoms in total. The molecule has 2 aromatic carbocycles. The summed E-state index contributed by atoms with van der Waals surface area (Å²) in [5.74, 6) is 0.384. The van der Waals surface area contributed by atoms with E-state index >= 15 is 0 Å². The number of pyridine rings is 1. The number of amides is 1. The molecule has 1 amide bonds.